The molecule has 0 radical (unpaired) electrons. The van der Waals surface area contributed by atoms with Gasteiger partial charge in [-0.05, 0) is 41.5 Å². The van der Waals surface area contributed by atoms with Crippen molar-refractivity contribution >= 4 is 35.3 Å². The van der Waals surface area contributed by atoms with Gasteiger partial charge in [0.1, 0.15) is 23.2 Å². The zero-order valence-electron chi connectivity index (χ0n) is 22.4. The van der Waals surface area contributed by atoms with Crippen LogP contribution < -0.4 is 19.9 Å². The third-order valence-electron chi connectivity index (χ3n) is 6.20. The summed E-state index contributed by atoms with van der Waals surface area (Å²) in [6.07, 6.45) is 3.51. The third kappa shape index (κ3) is 7.55. The molecule has 1 aliphatic heterocycles. The van der Waals surface area contributed by atoms with Crippen molar-refractivity contribution in [3.8, 4) is 5.75 Å². The zero-order valence-corrected chi connectivity index (χ0v) is 22.4. The Bertz CT molecular complexity index is 1320. The van der Waals surface area contributed by atoms with Gasteiger partial charge in [0.15, 0.2) is 0 Å². The summed E-state index contributed by atoms with van der Waals surface area (Å²) in [5.74, 6) is 1.42. The van der Waals surface area contributed by atoms with E-state index < -0.39 is 5.97 Å². The molecular formula is C29H33N5O5. The molecule has 1 aromatic heterocycles. The number of hydrogen-bond donors (Lipinski definition) is 2. The fourth-order valence-electron chi connectivity index (χ4n) is 4.26. The van der Waals surface area contributed by atoms with Gasteiger partial charge in [0.2, 0.25) is 5.91 Å². The molecule has 3 aromatic rings. The van der Waals surface area contributed by atoms with Gasteiger partial charge in [0, 0.05) is 50.9 Å². The summed E-state index contributed by atoms with van der Waals surface area (Å²) in [6.45, 7) is 2.39. The van der Waals surface area contributed by atoms with Gasteiger partial charge in [0.05, 0.1) is 26.7 Å². The van der Waals surface area contributed by atoms with Gasteiger partial charge in [-0.2, -0.15) is 0 Å². The van der Waals surface area contributed by atoms with E-state index in [0.717, 1.165) is 16.9 Å². The maximum atomic E-state index is 12.4. The molecule has 39 heavy (non-hydrogen) atoms. The van der Waals surface area contributed by atoms with Gasteiger partial charge >= 0.3 is 5.97 Å². The molecule has 4 rings (SSSR count). The highest BCUT2D eigenvalue weighted by molar-refractivity contribution is 6.01. The minimum absolute atomic E-state index is 0.165. The van der Waals surface area contributed by atoms with Crippen LogP contribution in [0.4, 0.5) is 17.3 Å². The Morgan fingerprint density at radius 3 is 2.38 bits per heavy atom. The maximum absolute atomic E-state index is 12.4. The topological polar surface area (TPSA) is 117 Å². The van der Waals surface area contributed by atoms with E-state index in [-0.39, 0.29) is 12.3 Å². The number of methoxy groups -OCH3 is 1. The van der Waals surface area contributed by atoms with Crippen molar-refractivity contribution in [3.63, 3.8) is 0 Å². The van der Waals surface area contributed by atoms with E-state index in [4.69, 9.17) is 19.4 Å². The van der Waals surface area contributed by atoms with Crippen LogP contribution in [0.2, 0.25) is 0 Å². The van der Waals surface area contributed by atoms with Crippen LogP contribution >= 0.6 is 0 Å². The van der Waals surface area contributed by atoms with Crippen molar-refractivity contribution in [1.29, 1.82) is 0 Å². The smallest absolute Gasteiger partial charge is 0.308 e. The number of aliphatic carboxylic acids is 1. The molecule has 2 heterocycles. The van der Waals surface area contributed by atoms with E-state index in [1.807, 2.05) is 67.5 Å². The first-order valence-electron chi connectivity index (χ1n) is 12.7. The Hall–Kier alpha value is -4.44. The van der Waals surface area contributed by atoms with E-state index in [9.17, 15) is 14.7 Å². The van der Waals surface area contributed by atoms with Crippen molar-refractivity contribution in [1.82, 2.24) is 9.97 Å². The van der Waals surface area contributed by atoms with Crippen LogP contribution in [0.3, 0.4) is 0 Å². The predicted molar refractivity (Wildman–Crippen MR) is 151 cm³/mol. The number of carboxylic acids is 1. The van der Waals surface area contributed by atoms with E-state index in [1.165, 1.54) is 6.08 Å². The number of rotatable bonds is 10. The number of carbonyl (C=O) groups excluding carboxylic acids is 1. The maximum Gasteiger partial charge on any atom is 0.308 e. The van der Waals surface area contributed by atoms with Crippen LogP contribution in [-0.4, -0.2) is 74.5 Å². The largest absolute Gasteiger partial charge is 0.497 e. The highest BCUT2D eigenvalue weighted by atomic mass is 16.5. The lowest BCUT2D eigenvalue weighted by molar-refractivity contribution is -0.136. The quantitative estimate of drug-likeness (QED) is 0.380. The van der Waals surface area contributed by atoms with Crippen molar-refractivity contribution in [2.45, 2.75) is 12.8 Å². The summed E-state index contributed by atoms with van der Waals surface area (Å²) < 4.78 is 10.6. The van der Waals surface area contributed by atoms with E-state index in [0.29, 0.717) is 61.4 Å². The fourth-order valence-corrected chi connectivity index (χ4v) is 4.26. The molecule has 0 bridgehead atoms. The number of anilines is 3. The first kappa shape index (κ1) is 27.6. The molecule has 1 fully saturated rings. The predicted octanol–water partition coefficient (Wildman–Crippen LogP) is 3.26. The molecule has 1 aliphatic rings. The van der Waals surface area contributed by atoms with Gasteiger partial charge in [-0.3, -0.25) is 9.59 Å². The zero-order chi connectivity index (χ0) is 27.8. The number of nitrogens with zero attached hydrogens (tertiary/aromatic N) is 4. The Balaban J connectivity index is 1.48. The van der Waals surface area contributed by atoms with Crippen molar-refractivity contribution in [2.75, 3.05) is 62.6 Å². The minimum atomic E-state index is -0.930. The van der Waals surface area contributed by atoms with Crippen LogP contribution in [-0.2, 0) is 27.2 Å². The van der Waals surface area contributed by atoms with Crippen LogP contribution in [0.15, 0.2) is 54.6 Å². The Kier molecular flexibility index (Phi) is 9.11. The molecular weight excluding hydrogens is 498 g/mol. The minimum Gasteiger partial charge on any atom is -0.497 e. The molecule has 2 aromatic carbocycles. The lowest BCUT2D eigenvalue weighted by Gasteiger charge is -2.31. The molecule has 0 atom stereocenters. The lowest BCUT2D eigenvalue weighted by Crippen LogP contribution is -2.38. The van der Waals surface area contributed by atoms with Crippen LogP contribution in [0.1, 0.15) is 22.5 Å². The van der Waals surface area contributed by atoms with Gasteiger partial charge in [-0.25, -0.2) is 9.97 Å². The highest BCUT2D eigenvalue weighted by Gasteiger charge is 2.24. The number of ether oxygens (including phenoxy) is 2. The van der Waals surface area contributed by atoms with Crippen molar-refractivity contribution in [2.24, 2.45) is 0 Å². The summed E-state index contributed by atoms with van der Waals surface area (Å²) in [7, 11) is 5.31. The van der Waals surface area contributed by atoms with Crippen molar-refractivity contribution < 1.29 is 24.2 Å². The van der Waals surface area contributed by atoms with E-state index in [1.54, 1.807) is 13.2 Å². The summed E-state index contributed by atoms with van der Waals surface area (Å²) in [6, 6.07) is 14.9. The number of nitrogens with one attached hydrogen (secondary N) is 1. The number of benzene rings is 2. The Morgan fingerprint density at radius 1 is 1.08 bits per heavy atom. The Labute approximate surface area is 227 Å². The molecule has 0 unspecified atom stereocenters. The number of carboxylic acid groups (broad SMARTS) is 1. The number of hydrogen-bond acceptors (Lipinski definition) is 8. The molecule has 10 heteroatoms. The molecule has 0 aliphatic carbocycles. The second kappa shape index (κ2) is 12.9. The normalized spacial score (nSPS) is 13.4. The third-order valence-corrected chi connectivity index (χ3v) is 6.20. The molecule has 2 N–H and O–H groups in total. The number of aromatic nitrogens is 2. The summed E-state index contributed by atoms with van der Waals surface area (Å²) in [5, 5.41) is 12.4. The number of morpholine rings is 1. The van der Waals surface area contributed by atoms with Gasteiger partial charge < -0.3 is 29.7 Å². The molecule has 10 nitrogen and oxygen atoms in total. The van der Waals surface area contributed by atoms with Crippen LogP contribution in [0, 0.1) is 0 Å². The lowest BCUT2D eigenvalue weighted by atomic mass is 10.1. The number of amides is 1. The first-order chi connectivity index (χ1) is 18.8. The van der Waals surface area contributed by atoms with Gasteiger partial charge in [-0.15, -0.1) is 0 Å². The molecule has 1 saturated heterocycles. The second-order valence-electron chi connectivity index (χ2n) is 9.30. The fraction of sp³-hybridized carbons (Fsp3) is 0.310. The second-order valence-corrected chi connectivity index (χ2v) is 9.30. The van der Waals surface area contributed by atoms with Crippen LogP contribution in [0.5, 0.6) is 5.75 Å². The molecule has 0 spiro atoms. The van der Waals surface area contributed by atoms with E-state index >= 15 is 0 Å². The van der Waals surface area contributed by atoms with Crippen molar-refractivity contribution in [3.05, 3.63) is 77.1 Å². The average molecular weight is 532 g/mol. The standard InChI is InChI=1S/C29H33N5O5/c1-33(2)28-24(19-27(36)37)29(34-14-16-39-17-15-34)32-25(31-28)18-21-4-9-22(10-5-21)30-26(35)13-8-20-6-11-23(38-3)12-7-20/h4-13H,14-19H2,1-3H3,(H,30,35)(H,36,37)/b13-8+. The SMILES string of the molecule is COc1ccc(/C=C/C(=O)Nc2ccc(Cc3nc(N(C)C)c(CC(=O)O)c(N4CCOCC4)n3)cc2)cc1. The molecule has 1 amide bonds. The molecule has 204 valence electrons. The van der Waals surface area contributed by atoms with E-state index in [2.05, 4.69) is 10.2 Å². The number of carbonyl (C=O) groups is 2. The Morgan fingerprint density at radius 2 is 1.77 bits per heavy atom. The first-order valence-corrected chi connectivity index (χ1v) is 12.7. The summed E-state index contributed by atoms with van der Waals surface area (Å²) in [4.78, 5) is 37.4. The monoisotopic (exact) mass is 531 g/mol. The highest BCUT2D eigenvalue weighted by Crippen LogP contribution is 2.28. The molecule has 0 saturated carbocycles. The van der Waals surface area contributed by atoms with Gasteiger partial charge in [-0.1, -0.05) is 24.3 Å². The summed E-state index contributed by atoms with van der Waals surface area (Å²) in [5.41, 5.74) is 3.12. The van der Waals surface area contributed by atoms with Crippen LogP contribution in [0.25, 0.3) is 6.08 Å². The average Bonchev–Trinajstić information content (AvgIpc) is 2.94. The summed E-state index contributed by atoms with van der Waals surface area (Å²) >= 11 is 0. The van der Waals surface area contributed by atoms with Gasteiger partial charge in [0.25, 0.3) is 0 Å².